The van der Waals surface area contributed by atoms with E-state index < -0.39 is 6.41 Å². The van der Waals surface area contributed by atoms with Gasteiger partial charge in [-0.2, -0.15) is 0 Å². The molecule has 4 aromatic rings. The van der Waals surface area contributed by atoms with Crippen molar-refractivity contribution in [3.8, 4) is 5.75 Å². The molecule has 2 aromatic heterocycles. The number of hydrogen-bond acceptors (Lipinski definition) is 8. The minimum absolute atomic E-state index is 0.0101. The van der Waals surface area contributed by atoms with Gasteiger partial charge in [0, 0.05) is 67.2 Å². The highest BCUT2D eigenvalue weighted by Crippen LogP contribution is 2.31. The van der Waals surface area contributed by atoms with Crippen LogP contribution in [0.5, 0.6) is 5.75 Å². The Bertz CT molecular complexity index is 1830. The number of fused-ring (bicyclic) bond motifs is 2. The molecular weight excluding hydrogens is 813 g/mol. The maximum Gasteiger partial charge on any atom is 0.252 e. The normalized spacial score (nSPS) is 14.1. The number of aliphatic hydroxyl groups is 1. The van der Waals surface area contributed by atoms with Gasteiger partial charge in [-0.25, -0.2) is 0 Å². The van der Waals surface area contributed by atoms with E-state index in [2.05, 4.69) is 58.2 Å². The molecular formula is C55H88N4O4S. The van der Waals surface area contributed by atoms with Crippen LogP contribution in [0.2, 0.25) is 0 Å². The van der Waals surface area contributed by atoms with Crippen molar-refractivity contribution in [2.75, 3.05) is 57.3 Å². The van der Waals surface area contributed by atoms with E-state index in [4.69, 9.17) is 9.47 Å². The lowest BCUT2D eigenvalue weighted by atomic mass is 10.0. The van der Waals surface area contributed by atoms with Gasteiger partial charge in [-0.3, -0.25) is 19.2 Å². The molecule has 0 amide bonds. The van der Waals surface area contributed by atoms with Crippen LogP contribution in [-0.2, 0) is 11.5 Å². The minimum Gasteiger partial charge on any atom is -0.494 e. The van der Waals surface area contributed by atoms with Gasteiger partial charge < -0.3 is 19.5 Å². The third-order valence-corrected chi connectivity index (χ3v) is 14.4. The van der Waals surface area contributed by atoms with Gasteiger partial charge in [-0.15, -0.1) is 11.3 Å². The van der Waals surface area contributed by atoms with Crippen LogP contribution < -0.4 is 15.2 Å². The quantitative estimate of drug-likeness (QED) is 0.0357. The number of aliphatic hydroxyl groups excluding tert-OH is 1. The standard InChI is InChI=1S/C55H88N4O4S/c1-3-5-7-9-11-13-15-17-19-21-23-25-38-58(39-26-24-22-20-18-16-14-12-10-8-6-4-2)55(61)63-47-59-52-46-49(34-32-48(52)33-35-54(59)60)62-44-28-27-37-56-40-42-57(43-41-56)51-30-29-31-53-50(51)36-45-64-53/h29-36,45-46,55,61H,3-28,37-44,47H2,1-2H3. The molecule has 1 N–H and O–H groups in total. The van der Waals surface area contributed by atoms with Crippen molar-refractivity contribution in [3.05, 3.63) is 70.3 Å². The summed E-state index contributed by atoms with van der Waals surface area (Å²) in [6.07, 6.45) is 32.4. The first-order chi connectivity index (χ1) is 31.6. The lowest BCUT2D eigenvalue weighted by Gasteiger charge is -2.36. The Hall–Kier alpha value is -2.95. The predicted octanol–water partition coefficient (Wildman–Crippen LogP) is 14.2. The van der Waals surface area contributed by atoms with E-state index >= 15 is 0 Å². The predicted molar refractivity (Wildman–Crippen MR) is 274 cm³/mol. The smallest absolute Gasteiger partial charge is 0.252 e. The topological polar surface area (TPSA) is 70.4 Å². The number of ether oxygens (including phenoxy) is 2. The molecule has 1 fully saturated rings. The van der Waals surface area contributed by atoms with Crippen LogP contribution in [0.15, 0.2) is 64.8 Å². The molecule has 0 bridgehead atoms. The highest BCUT2D eigenvalue weighted by atomic mass is 32.1. The minimum atomic E-state index is -1.06. The molecule has 358 valence electrons. The summed E-state index contributed by atoms with van der Waals surface area (Å²) < 4.78 is 15.4. The second-order valence-corrected chi connectivity index (χ2v) is 19.7. The summed E-state index contributed by atoms with van der Waals surface area (Å²) in [7, 11) is 0. The fraction of sp³-hybridized carbons (Fsp3) is 0.691. The summed E-state index contributed by atoms with van der Waals surface area (Å²) in [5.41, 5.74) is 1.99. The number of benzene rings is 2. The number of unbranched alkanes of at least 4 members (excludes halogenated alkanes) is 23. The number of thiophene rings is 1. The van der Waals surface area contributed by atoms with Crippen molar-refractivity contribution >= 4 is 38.0 Å². The molecule has 1 aliphatic heterocycles. The summed E-state index contributed by atoms with van der Waals surface area (Å²) in [5, 5.41) is 16.0. The van der Waals surface area contributed by atoms with Gasteiger partial charge in [-0.1, -0.05) is 161 Å². The molecule has 0 radical (unpaired) electrons. The van der Waals surface area contributed by atoms with Crippen LogP contribution in [0.4, 0.5) is 5.69 Å². The molecule has 1 unspecified atom stereocenters. The van der Waals surface area contributed by atoms with Crippen LogP contribution >= 0.6 is 11.3 Å². The number of rotatable bonds is 37. The fourth-order valence-electron chi connectivity index (χ4n) is 9.48. The Labute approximate surface area is 392 Å². The maximum atomic E-state index is 13.3. The fourth-order valence-corrected chi connectivity index (χ4v) is 10.3. The Morgan fingerprint density at radius 3 is 1.80 bits per heavy atom. The Morgan fingerprint density at radius 2 is 1.20 bits per heavy atom. The number of pyridine rings is 1. The molecule has 1 saturated heterocycles. The lowest BCUT2D eigenvalue weighted by molar-refractivity contribution is -0.211. The van der Waals surface area contributed by atoms with Gasteiger partial charge in [0.15, 0.2) is 0 Å². The summed E-state index contributed by atoms with van der Waals surface area (Å²) in [6.45, 7) is 12.2. The van der Waals surface area contributed by atoms with Crippen molar-refractivity contribution in [2.45, 2.75) is 194 Å². The van der Waals surface area contributed by atoms with E-state index in [1.54, 1.807) is 10.6 Å². The zero-order valence-electron chi connectivity index (χ0n) is 40.5. The van der Waals surface area contributed by atoms with Crippen molar-refractivity contribution < 1.29 is 14.6 Å². The molecule has 1 aliphatic rings. The average Bonchev–Trinajstić information content (AvgIpc) is 3.81. The second kappa shape index (κ2) is 31.9. The van der Waals surface area contributed by atoms with Gasteiger partial charge >= 0.3 is 0 Å². The molecule has 3 heterocycles. The van der Waals surface area contributed by atoms with E-state index in [9.17, 15) is 9.90 Å². The maximum absolute atomic E-state index is 13.3. The van der Waals surface area contributed by atoms with E-state index in [0.717, 1.165) is 88.1 Å². The largest absolute Gasteiger partial charge is 0.494 e. The highest BCUT2D eigenvalue weighted by molar-refractivity contribution is 7.17. The van der Waals surface area contributed by atoms with Crippen molar-refractivity contribution in [1.82, 2.24) is 14.4 Å². The third kappa shape index (κ3) is 19.1. The van der Waals surface area contributed by atoms with Gasteiger partial charge in [0.2, 0.25) is 6.41 Å². The Balaban J connectivity index is 1.03. The first-order valence-electron chi connectivity index (χ1n) is 26.3. The molecule has 0 spiro atoms. The molecule has 5 rings (SSSR count). The molecule has 0 aliphatic carbocycles. The van der Waals surface area contributed by atoms with Gasteiger partial charge in [0.1, 0.15) is 12.5 Å². The molecule has 2 aromatic carbocycles. The molecule has 8 nitrogen and oxygen atoms in total. The Morgan fingerprint density at radius 1 is 0.641 bits per heavy atom. The number of hydrogen-bond donors (Lipinski definition) is 1. The van der Waals surface area contributed by atoms with Crippen LogP contribution in [-0.4, -0.2) is 78.3 Å². The number of nitrogens with zero attached hydrogens (tertiary/aromatic N) is 4. The molecule has 1 atom stereocenters. The van der Waals surface area contributed by atoms with Crippen LogP contribution in [0, 0.1) is 0 Å². The first kappa shape index (κ1) is 52.0. The summed E-state index contributed by atoms with van der Waals surface area (Å²) in [4.78, 5) is 20.5. The van der Waals surface area contributed by atoms with Gasteiger partial charge in [0.05, 0.1) is 12.1 Å². The lowest BCUT2D eigenvalue weighted by Crippen LogP contribution is -2.46. The summed E-state index contributed by atoms with van der Waals surface area (Å²) >= 11 is 1.82. The Kier molecular flexibility index (Phi) is 25.9. The van der Waals surface area contributed by atoms with Crippen molar-refractivity contribution in [1.29, 1.82) is 0 Å². The summed E-state index contributed by atoms with van der Waals surface area (Å²) in [6, 6.07) is 18.3. The van der Waals surface area contributed by atoms with E-state index in [1.807, 2.05) is 35.6 Å². The van der Waals surface area contributed by atoms with Crippen LogP contribution in [0.25, 0.3) is 21.0 Å². The molecule has 9 heteroatoms. The van der Waals surface area contributed by atoms with E-state index in [-0.39, 0.29) is 12.3 Å². The van der Waals surface area contributed by atoms with Crippen molar-refractivity contribution in [2.24, 2.45) is 0 Å². The highest BCUT2D eigenvalue weighted by Gasteiger charge is 2.19. The monoisotopic (exact) mass is 901 g/mol. The van der Waals surface area contributed by atoms with Gasteiger partial charge in [-0.05, 0) is 79.4 Å². The van der Waals surface area contributed by atoms with Crippen LogP contribution in [0.1, 0.15) is 181 Å². The number of anilines is 1. The van der Waals surface area contributed by atoms with Gasteiger partial charge in [0.25, 0.3) is 5.56 Å². The zero-order chi connectivity index (χ0) is 44.9. The number of piperazine rings is 1. The summed E-state index contributed by atoms with van der Waals surface area (Å²) in [5.74, 6) is 0.754. The van der Waals surface area contributed by atoms with E-state index in [0.29, 0.717) is 6.61 Å². The van der Waals surface area contributed by atoms with Crippen molar-refractivity contribution in [3.63, 3.8) is 0 Å². The first-order valence-corrected chi connectivity index (χ1v) is 27.2. The second-order valence-electron chi connectivity index (χ2n) is 18.8. The third-order valence-electron chi connectivity index (χ3n) is 13.6. The zero-order valence-corrected chi connectivity index (χ0v) is 41.3. The molecule has 64 heavy (non-hydrogen) atoms. The van der Waals surface area contributed by atoms with Crippen LogP contribution in [0.3, 0.4) is 0 Å². The molecule has 0 saturated carbocycles. The number of aromatic nitrogens is 1. The average molecular weight is 901 g/mol. The van der Waals surface area contributed by atoms with E-state index in [1.165, 1.54) is 157 Å². The SMILES string of the molecule is CCCCCCCCCCCCCCN(CCCCCCCCCCCCCC)C(O)OCn1c(=O)ccc2ccc(OCCCCN3CCN(c4cccc5sccc45)CC3)cc21.